The second-order valence-corrected chi connectivity index (χ2v) is 18.8. The maximum Gasteiger partial charge on any atom is 0.159 e. The van der Waals surface area contributed by atoms with Crippen molar-refractivity contribution >= 4 is 73.1 Å². The highest BCUT2D eigenvalue weighted by atomic mass is 16.5. The number of para-hydroxylation sites is 7. The average molecular weight is 922 g/mol. The van der Waals surface area contributed by atoms with Gasteiger partial charge in [0.05, 0.1) is 33.9 Å². The second kappa shape index (κ2) is 15.7. The third-order valence-corrected chi connectivity index (χ3v) is 15.0. The molecule has 0 N–H and O–H groups in total. The Hall–Kier alpha value is -9.58. The molecular weight excluding hydrogens is 879 g/mol. The van der Waals surface area contributed by atoms with Gasteiger partial charge in [-0.05, 0) is 124 Å². The zero-order valence-electron chi connectivity index (χ0n) is 39.0. The first-order valence-electron chi connectivity index (χ1n) is 24.6. The van der Waals surface area contributed by atoms with Crippen LogP contribution in [0.2, 0.25) is 0 Å². The van der Waals surface area contributed by atoms with Crippen LogP contribution in [0, 0.1) is 0 Å². The van der Waals surface area contributed by atoms with Crippen molar-refractivity contribution in [3.8, 4) is 33.8 Å². The van der Waals surface area contributed by atoms with Gasteiger partial charge in [-0.3, -0.25) is 0 Å². The van der Waals surface area contributed by atoms with Crippen LogP contribution in [0.25, 0.3) is 44.2 Å². The Morgan fingerprint density at radius 1 is 0.361 bits per heavy atom. The Labute approximate surface area is 417 Å². The molecule has 11 aromatic carbocycles. The summed E-state index contributed by atoms with van der Waals surface area (Å²) in [5.74, 6) is 1.69. The lowest BCUT2D eigenvalue weighted by Gasteiger charge is -2.47. The number of nitrogens with zero attached hydrogens (tertiary/aromatic N) is 3. The highest BCUT2D eigenvalue weighted by molar-refractivity contribution is 6.12. The van der Waals surface area contributed by atoms with Crippen LogP contribution in [0.15, 0.2) is 265 Å². The SMILES string of the molecule is c1ccc(-c2ccc(N(c3ccccc3)c3cccc(N(c4cccc5c4-c4ccccc4C54c5ccccc5N5c6ccccc6Oc6cccc4c65)c4cccc5c4oc4ccccc45)c3)cc2)cc1. The smallest absolute Gasteiger partial charge is 0.159 e. The Morgan fingerprint density at radius 3 is 1.79 bits per heavy atom. The first-order valence-corrected chi connectivity index (χ1v) is 24.6. The minimum absolute atomic E-state index is 0.690. The van der Waals surface area contributed by atoms with Crippen molar-refractivity contribution in [1.29, 1.82) is 0 Å². The van der Waals surface area contributed by atoms with E-state index in [1.54, 1.807) is 0 Å². The molecule has 1 unspecified atom stereocenters. The van der Waals surface area contributed by atoms with E-state index in [0.717, 1.165) is 84.6 Å². The van der Waals surface area contributed by atoms with Gasteiger partial charge in [0.25, 0.3) is 0 Å². The van der Waals surface area contributed by atoms with Gasteiger partial charge in [0.15, 0.2) is 17.1 Å². The number of rotatable bonds is 7. The van der Waals surface area contributed by atoms with Gasteiger partial charge in [-0.1, -0.05) is 176 Å². The maximum atomic E-state index is 6.96. The summed E-state index contributed by atoms with van der Waals surface area (Å²) in [6.45, 7) is 0. The molecule has 3 heterocycles. The fourth-order valence-corrected chi connectivity index (χ4v) is 12.1. The van der Waals surface area contributed by atoms with Crippen molar-refractivity contribution in [2.24, 2.45) is 0 Å². The molecule has 2 aliphatic heterocycles. The van der Waals surface area contributed by atoms with Gasteiger partial charge in [0, 0.05) is 39.1 Å². The van der Waals surface area contributed by atoms with E-state index in [-0.39, 0.29) is 0 Å². The highest BCUT2D eigenvalue weighted by Crippen LogP contribution is 2.68. The average Bonchev–Trinajstić information content (AvgIpc) is 3.98. The molecule has 338 valence electrons. The van der Waals surface area contributed by atoms with Crippen molar-refractivity contribution in [3.05, 3.63) is 283 Å². The van der Waals surface area contributed by atoms with E-state index < -0.39 is 5.41 Å². The number of furan rings is 1. The summed E-state index contributed by atoms with van der Waals surface area (Å²) in [4.78, 5) is 7.20. The van der Waals surface area contributed by atoms with Crippen LogP contribution in [0.3, 0.4) is 0 Å². The predicted molar refractivity (Wildman–Crippen MR) is 294 cm³/mol. The van der Waals surface area contributed by atoms with Crippen LogP contribution in [0.5, 0.6) is 11.5 Å². The molecule has 12 aromatic rings. The number of hydrogen-bond donors (Lipinski definition) is 0. The molecule has 1 atom stereocenters. The van der Waals surface area contributed by atoms with Crippen molar-refractivity contribution in [2.45, 2.75) is 5.41 Å². The molecule has 72 heavy (non-hydrogen) atoms. The summed E-state index contributed by atoms with van der Waals surface area (Å²) in [6.07, 6.45) is 0. The van der Waals surface area contributed by atoms with Gasteiger partial charge in [-0.15, -0.1) is 0 Å². The van der Waals surface area contributed by atoms with E-state index in [4.69, 9.17) is 9.15 Å². The van der Waals surface area contributed by atoms with E-state index in [0.29, 0.717) is 0 Å². The molecule has 0 fully saturated rings. The van der Waals surface area contributed by atoms with Crippen LogP contribution in [0.4, 0.5) is 51.2 Å². The molecule has 1 aromatic heterocycles. The van der Waals surface area contributed by atoms with Crippen molar-refractivity contribution in [2.75, 3.05) is 14.7 Å². The fraction of sp³-hybridized carbons (Fsp3) is 0.0149. The van der Waals surface area contributed by atoms with E-state index in [2.05, 4.69) is 263 Å². The van der Waals surface area contributed by atoms with Gasteiger partial charge >= 0.3 is 0 Å². The fourth-order valence-electron chi connectivity index (χ4n) is 12.1. The van der Waals surface area contributed by atoms with Crippen molar-refractivity contribution in [1.82, 2.24) is 0 Å². The number of anilines is 9. The lowest BCUT2D eigenvalue weighted by Crippen LogP contribution is -2.37. The lowest BCUT2D eigenvalue weighted by atomic mass is 9.64. The zero-order valence-corrected chi connectivity index (χ0v) is 39.0. The van der Waals surface area contributed by atoms with Crippen LogP contribution >= 0.6 is 0 Å². The lowest BCUT2D eigenvalue weighted by molar-refractivity contribution is 0.473. The Morgan fingerprint density at radius 2 is 0.931 bits per heavy atom. The standard InChI is InChI=1S/C67H43N3O2/c1-3-19-44(20-4-1)45-39-41-47(42-40-45)68(46-21-5-2-6-22-46)48-23-15-24-49(43-48)69(60-35-16-27-51-50-25-8-13-36-61(50)72-66(51)60)59-34-17-30-55-64(59)52-26-7-9-28-53(52)67(55)54-29-10-11-32-57(54)70-58-33-12-14-37-62(58)71-63-38-18-31-56(67)65(63)70/h1-43H. The molecule has 0 radical (unpaired) electrons. The molecule has 1 spiro atoms. The topological polar surface area (TPSA) is 32.1 Å². The summed E-state index contributed by atoms with van der Waals surface area (Å²) in [7, 11) is 0. The van der Waals surface area contributed by atoms with E-state index in [1.165, 1.54) is 44.5 Å². The number of ether oxygens (including phenoxy) is 1. The third-order valence-electron chi connectivity index (χ3n) is 15.0. The normalized spacial score (nSPS) is 14.5. The molecule has 15 rings (SSSR count). The Balaban J connectivity index is 0.989. The molecule has 0 saturated carbocycles. The van der Waals surface area contributed by atoms with E-state index in [1.807, 2.05) is 12.1 Å². The number of hydrogen-bond acceptors (Lipinski definition) is 5. The van der Waals surface area contributed by atoms with Gasteiger partial charge < -0.3 is 23.9 Å². The summed E-state index contributed by atoms with van der Waals surface area (Å²) in [5, 5.41) is 2.15. The predicted octanol–water partition coefficient (Wildman–Crippen LogP) is 18.4. The van der Waals surface area contributed by atoms with Crippen LogP contribution in [-0.4, -0.2) is 0 Å². The summed E-state index contributed by atoms with van der Waals surface area (Å²) in [6, 6.07) is 93.9. The first-order chi connectivity index (χ1) is 35.7. The Kier molecular flexibility index (Phi) is 8.80. The van der Waals surface area contributed by atoms with Crippen molar-refractivity contribution in [3.63, 3.8) is 0 Å². The highest BCUT2D eigenvalue weighted by Gasteiger charge is 2.54. The van der Waals surface area contributed by atoms with Crippen LogP contribution in [0.1, 0.15) is 22.3 Å². The summed E-state index contributed by atoms with van der Waals surface area (Å²) < 4.78 is 13.8. The molecule has 0 saturated heterocycles. The Bertz CT molecular complexity index is 4110. The summed E-state index contributed by atoms with van der Waals surface area (Å²) >= 11 is 0. The van der Waals surface area contributed by atoms with E-state index >= 15 is 0 Å². The first kappa shape index (κ1) is 40.3. The molecule has 3 aliphatic rings. The maximum absolute atomic E-state index is 6.96. The van der Waals surface area contributed by atoms with Gasteiger partial charge in [0.1, 0.15) is 5.58 Å². The zero-order chi connectivity index (χ0) is 47.3. The van der Waals surface area contributed by atoms with Crippen LogP contribution in [-0.2, 0) is 5.41 Å². The minimum atomic E-state index is -0.690. The van der Waals surface area contributed by atoms with Gasteiger partial charge in [0.2, 0.25) is 0 Å². The minimum Gasteiger partial charge on any atom is -0.454 e. The van der Waals surface area contributed by atoms with Gasteiger partial charge in [-0.25, -0.2) is 0 Å². The molecular formula is C67H43N3O2. The second-order valence-electron chi connectivity index (χ2n) is 18.8. The van der Waals surface area contributed by atoms with Gasteiger partial charge in [-0.2, -0.15) is 0 Å². The van der Waals surface area contributed by atoms with Crippen molar-refractivity contribution < 1.29 is 9.15 Å². The molecule has 5 heteroatoms. The van der Waals surface area contributed by atoms with Crippen LogP contribution < -0.4 is 19.4 Å². The molecule has 0 bridgehead atoms. The molecule has 1 aliphatic carbocycles. The third kappa shape index (κ3) is 5.76. The number of benzene rings is 11. The monoisotopic (exact) mass is 921 g/mol. The number of fused-ring (bicyclic) bond motifs is 14. The largest absolute Gasteiger partial charge is 0.454 e. The molecule has 0 amide bonds. The van der Waals surface area contributed by atoms with E-state index in [9.17, 15) is 0 Å². The molecule has 5 nitrogen and oxygen atoms in total. The quantitative estimate of drug-likeness (QED) is 0.159. The summed E-state index contributed by atoms with van der Waals surface area (Å²) in [5.41, 5.74) is 19.9.